The number of non-ortho nitro benzene ring substituents is 1. The van der Waals surface area contributed by atoms with Gasteiger partial charge in [-0.1, -0.05) is 0 Å². The molecule has 1 unspecified atom stereocenters. The maximum atomic E-state index is 12.4. The summed E-state index contributed by atoms with van der Waals surface area (Å²) in [5.74, 6) is 0.208. The van der Waals surface area contributed by atoms with Crippen LogP contribution in [0.3, 0.4) is 0 Å². The van der Waals surface area contributed by atoms with Crippen molar-refractivity contribution in [3.05, 3.63) is 57.6 Å². The Morgan fingerprint density at radius 3 is 2.00 bits per heavy atom. The van der Waals surface area contributed by atoms with E-state index in [-0.39, 0.29) is 23.5 Å². The van der Waals surface area contributed by atoms with Crippen molar-refractivity contribution in [3.8, 4) is 17.2 Å². The van der Waals surface area contributed by atoms with E-state index in [1.165, 1.54) is 52.5 Å². The Kier molecular flexibility index (Phi) is 7.13. The summed E-state index contributed by atoms with van der Waals surface area (Å²) in [6, 6.07) is 8.19. The molecule has 0 radical (unpaired) electrons. The summed E-state index contributed by atoms with van der Waals surface area (Å²) in [7, 11) is 4.43. The molecule has 0 N–H and O–H groups in total. The van der Waals surface area contributed by atoms with Crippen LogP contribution in [0.15, 0.2) is 36.4 Å². The maximum absolute atomic E-state index is 12.4. The lowest BCUT2D eigenvalue weighted by molar-refractivity contribution is -0.384. The molecule has 9 nitrogen and oxygen atoms in total. The van der Waals surface area contributed by atoms with Crippen LogP contribution in [-0.4, -0.2) is 44.1 Å². The number of nitro groups is 1. The highest BCUT2D eigenvalue weighted by Crippen LogP contribution is 2.35. The van der Waals surface area contributed by atoms with Crippen molar-refractivity contribution in [3.63, 3.8) is 0 Å². The van der Waals surface area contributed by atoms with Gasteiger partial charge in [-0.2, -0.15) is 0 Å². The first kappa shape index (κ1) is 21.7. The largest absolute Gasteiger partial charge is 0.496 e. The van der Waals surface area contributed by atoms with Crippen LogP contribution in [0.5, 0.6) is 17.2 Å². The number of methoxy groups -OCH3 is 3. The van der Waals surface area contributed by atoms with Gasteiger partial charge in [0.25, 0.3) is 5.69 Å². The highest BCUT2D eigenvalue weighted by atomic mass is 16.6. The molecule has 29 heavy (non-hydrogen) atoms. The summed E-state index contributed by atoms with van der Waals surface area (Å²) < 4.78 is 21.2. The summed E-state index contributed by atoms with van der Waals surface area (Å²) in [6.07, 6.45) is -1.03. The normalized spacial score (nSPS) is 11.3. The first-order valence-corrected chi connectivity index (χ1v) is 8.55. The van der Waals surface area contributed by atoms with E-state index >= 15 is 0 Å². The van der Waals surface area contributed by atoms with Crippen molar-refractivity contribution in [2.75, 3.05) is 21.3 Å². The molecule has 2 aromatic carbocycles. The van der Waals surface area contributed by atoms with Gasteiger partial charge in [0, 0.05) is 30.2 Å². The molecule has 2 rings (SSSR count). The van der Waals surface area contributed by atoms with Crippen molar-refractivity contribution in [1.82, 2.24) is 0 Å². The molecule has 0 fully saturated rings. The van der Waals surface area contributed by atoms with Crippen molar-refractivity contribution in [2.24, 2.45) is 0 Å². The molecule has 0 saturated carbocycles. The number of carbonyl (C=O) groups excluding carboxylic acids is 2. The van der Waals surface area contributed by atoms with Crippen molar-refractivity contribution < 1.29 is 33.5 Å². The Morgan fingerprint density at radius 2 is 1.52 bits per heavy atom. The summed E-state index contributed by atoms with van der Waals surface area (Å²) in [5.41, 5.74) is 0.530. The second-order valence-electron chi connectivity index (χ2n) is 6.03. The molecule has 0 spiro atoms. The van der Waals surface area contributed by atoms with E-state index < -0.39 is 17.0 Å². The van der Waals surface area contributed by atoms with Gasteiger partial charge in [0.15, 0.2) is 23.4 Å². The van der Waals surface area contributed by atoms with Gasteiger partial charge in [0.2, 0.25) is 0 Å². The van der Waals surface area contributed by atoms with Gasteiger partial charge < -0.3 is 18.9 Å². The number of hydrogen-bond acceptors (Lipinski definition) is 8. The van der Waals surface area contributed by atoms with E-state index in [9.17, 15) is 19.7 Å². The zero-order valence-corrected chi connectivity index (χ0v) is 16.5. The van der Waals surface area contributed by atoms with Gasteiger partial charge in [-0.05, 0) is 25.1 Å². The SMILES string of the molecule is COc1cc(OC)c(OC)cc1CC(OC(=O)c1ccc([N+](=O)[O-])cc1)C(C)=O. The molecule has 1 atom stereocenters. The Hall–Kier alpha value is -3.62. The Morgan fingerprint density at radius 1 is 0.966 bits per heavy atom. The molecule has 2 aromatic rings. The number of benzene rings is 2. The summed E-state index contributed by atoms with van der Waals surface area (Å²) >= 11 is 0. The second kappa shape index (κ2) is 9.54. The number of nitro benzene ring substituents is 1. The minimum Gasteiger partial charge on any atom is -0.496 e. The molecule has 154 valence electrons. The summed E-state index contributed by atoms with van der Waals surface area (Å²) in [4.78, 5) is 34.6. The number of nitrogens with zero attached hydrogens (tertiary/aromatic N) is 1. The molecular weight excluding hydrogens is 382 g/mol. The smallest absolute Gasteiger partial charge is 0.338 e. The predicted molar refractivity (Wildman–Crippen MR) is 103 cm³/mol. The molecule has 0 bridgehead atoms. The first-order valence-electron chi connectivity index (χ1n) is 8.55. The van der Waals surface area contributed by atoms with Crippen molar-refractivity contribution in [2.45, 2.75) is 19.4 Å². The van der Waals surface area contributed by atoms with E-state index in [1.807, 2.05) is 0 Å². The molecule has 0 saturated heterocycles. The van der Waals surface area contributed by atoms with E-state index in [4.69, 9.17) is 18.9 Å². The van der Waals surface area contributed by atoms with E-state index in [2.05, 4.69) is 0 Å². The van der Waals surface area contributed by atoms with E-state index in [0.717, 1.165) is 0 Å². The number of carbonyl (C=O) groups is 2. The van der Waals surface area contributed by atoms with Gasteiger partial charge in [-0.25, -0.2) is 4.79 Å². The average Bonchev–Trinajstić information content (AvgIpc) is 2.72. The lowest BCUT2D eigenvalue weighted by Gasteiger charge is -2.18. The van der Waals surface area contributed by atoms with E-state index in [0.29, 0.717) is 22.8 Å². The molecule has 0 heterocycles. The topological polar surface area (TPSA) is 114 Å². The predicted octanol–water partition coefficient (Wildman–Crippen LogP) is 2.98. The van der Waals surface area contributed by atoms with Crippen molar-refractivity contribution >= 4 is 17.4 Å². The minimum absolute atomic E-state index is 0.0532. The highest BCUT2D eigenvalue weighted by Gasteiger charge is 2.24. The highest BCUT2D eigenvalue weighted by molar-refractivity contribution is 5.92. The maximum Gasteiger partial charge on any atom is 0.338 e. The molecule has 0 aliphatic carbocycles. The quantitative estimate of drug-likeness (QED) is 0.357. The third-order valence-corrected chi connectivity index (χ3v) is 4.21. The van der Waals surface area contributed by atoms with E-state index in [1.54, 1.807) is 12.1 Å². The number of ketones is 1. The minimum atomic E-state index is -1.08. The third kappa shape index (κ3) is 5.22. The lowest BCUT2D eigenvalue weighted by Crippen LogP contribution is -2.28. The lowest BCUT2D eigenvalue weighted by atomic mass is 10.0. The number of Topliss-reactive ketones (excluding diaryl/α,β-unsaturated/α-hetero) is 1. The summed E-state index contributed by atoms with van der Waals surface area (Å²) in [5, 5.41) is 10.7. The van der Waals surface area contributed by atoms with Crippen LogP contribution in [0, 0.1) is 10.1 Å². The number of hydrogen-bond donors (Lipinski definition) is 0. The monoisotopic (exact) mass is 403 g/mol. The number of esters is 1. The fourth-order valence-electron chi connectivity index (χ4n) is 2.64. The Bertz CT molecular complexity index is 907. The zero-order chi connectivity index (χ0) is 21.6. The average molecular weight is 403 g/mol. The summed E-state index contributed by atoms with van der Waals surface area (Å²) in [6.45, 7) is 1.31. The Labute approximate surface area is 167 Å². The third-order valence-electron chi connectivity index (χ3n) is 4.21. The Balaban J connectivity index is 2.25. The number of rotatable bonds is 9. The van der Waals surface area contributed by atoms with Gasteiger partial charge in [0.1, 0.15) is 5.75 Å². The molecular formula is C20H21NO8. The van der Waals surface area contributed by atoms with Gasteiger partial charge in [-0.15, -0.1) is 0 Å². The van der Waals surface area contributed by atoms with Crippen LogP contribution in [-0.2, 0) is 16.0 Å². The fraction of sp³-hybridized carbons (Fsp3) is 0.300. The van der Waals surface area contributed by atoms with Gasteiger partial charge >= 0.3 is 5.97 Å². The van der Waals surface area contributed by atoms with Crippen LogP contribution in [0.4, 0.5) is 5.69 Å². The zero-order valence-electron chi connectivity index (χ0n) is 16.5. The van der Waals surface area contributed by atoms with Crippen LogP contribution in [0.25, 0.3) is 0 Å². The number of ether oxygens (including phenoxy) is 4. The molecule has 0 aliphatic heterocycles. The van der Waals surface area contributed by atoms with Gasteiger partial charge in [-0.3, -0.25) is 14.9 Å². The fourth-order valence-corrected chi connectivity index (χ4v) is 2.64. The van der Waals surface area contributed by atoms with Crippen LogP contribution < -0.4 is 14.2 Å². The van der Waals surface area contributed by atoms with Crippen LogP contribution >= 0.6 is 0 Å². The van der Waals surface area contributed by atoms with Crippen LogP contribution in [0.1, 0.15) is 22.8 Å². The van der Waals surface area contributed by atoms with Crippen molar-refractivity contribution in [1.29, 1.82) is 0 Å². The van der Waals surface area contributed by atoms with Gasteiger partial charge in [0.05, 0.1) is 31.8 Å². The standard InChI is InChI=1S/C20H21NO8/c1-12(22)16(29-20(23)13-5-7-15(8-6-13)21(24)25)9-14-10-18(27-3)19(28-4)11-17(14)26-2/h5-8,10-11,16H,9H2,1-4H3. The van der Waals surface area contributed by atoms with Crippen LogP contribution in [0.2, 0.25) is 0 Å². The molecule has 9 heteroatoms. The second-order valence-corrected chi connectivity index (χ2v) is 6.03. The molecule has 0 amide bonds. The molecule has 0 aromatic heterocycles. The first-order chi connectivity index (χ1) is 13.8. The molecule has 0 aliphatic rings.